The number of hydrogen-bond donors (Lipinski definition) is 1. The molecule has 0 amide bonds. The van der Waals surface area contributed by atoms with Gasteiger partial charge < -0.3 is 5.11 Å². The predicted molar refractivity (Wildman–Crippen MR) is 90.7 cm³/mol. The standard InChI is InChI=1S/C17H23ClN4O/c1-21(16-6-2-13(12-23)3-7-16)10-15-11-22(20-19-15)17-8-4-14(18)5-9-17/h4-5,8-9,11,13,16,23H,2-3,6-7,10,12H2,1H3. The van der Waals surface area contributed by atoms with Crippen molar-refractivity contribution in [3.63, 3.8) is 0 Å². The molecular formula is C17H23ClN4O. The maximum atomic E-state index is 9.24. The molecule has 1 saturated carbocycles. The van der Waals surface area contributed by atoms with Crippen molar-refractivity contribution in [3.05, 3.63) is 41.2 Å². The topological polar surface area (TPSA) is 54.2 Å². The van der Waals surface area contributed by atoms with Crippen molar-refractivity contribution in [2.45, 2.75) is 38.3 Å². The highest BCUT2D eigenvalue weighted by Gasteiger charge is 2.24. The van der Waals surface area contributed by atoms with Gasteiger partial charge in [-0.3, -0.25) is 4.90 Å². The van der Waals surface area contributed by atoms with E-state index in [0.29, 0.717) is 23.6 Å². The number of rotatable bonds is 5. The van der Waals surface area contributed by atoms with Crippen LogP contribution in [0, 0.1) is 5.92 Å². The summed E-state index contributed by atoms with van der Waals surface area (Å²) in [6.45, 7) is 1.12. The van der Waals surface area contributed by atoms with Gasteiger partial charge >= 0.3 is 0 Å². The maximum Gasteiger partial charge on any atom is 0.0971 e. The van der Waals surface area contributed by atoms with Crippen molar-refractivity contribution in [1.82, 2.24) is 19.9 Å². The molecule has 0 atom stereocenters. The fraction of sp³-hybridized carbons (Fsp3) is 0.529. The molecule has 0 unspecified atom stereocenters. The molecule has 1 aromatic carbocycles. The zero-order chi connectivity index (χ0) is 16.2. The normalized spacial score (nSPS) is 21.7. The third-order valence-corrected chi connectivity index (χ3v) is 4.99. The first-order valence-corrected chi connectivity index (χ1v) is 8.52. The van der Waals surface area contributed by atoms with E-state index < -0.39 is 0 Å². The van der Waals surface area contributed by atoms with Crippen LogP contribution in [0.4, 0.5) is 0 Å². The van der Waals surface area contributed by atoms with E-state index in [1.165, 1.54) is 0 Å². The fourth-order valence-corrected chi connectivity index (χ4v) is 3.37. The zero-order valence-corrected chi connectivity index (χ0v) is 14.2. The molecule has 5 nitrogen and oxygen atoms in total. The van der Waals surface area contributed by atoms with Crippen molar-refractivity contribution >= 4 is 11.6 Å². The van der Waals surface area contributed by atoms with E-state index in [4.69, 9.17) is 11.6 Å². The van der Waals surface area contributed by atoms with Gasteiger partial charge in [-0.1, -0.05) is 16.8 Å². The quantitative estimate of drug-likeness (QED) is 0.913. The number of benzene rings is 1. The smallest absolute Gasteiger partial charge is 0.0971 e. The Morgan fingerprint density at radius 1 is 1.22 bits per heavy atom. The van der Waals surface area contributed by atoms with Crippen LogP contribution in [0.5, 0.6) is 0 Å². The van der Waals surface area contributed by atoms with Crippen molar-refractivity contribution in [1.29, 1.82) is 0 Å². The van der Waals surface area contributed by atoms with Crippen LogP contribution in [0.3, 0.4) is 0 Å². The summed E-state index contributed by atoms with van der Waals surface area (Å²) in [6.07, 6.45) is 6.49. The monoisotopic (exact) mass is 334 g/mol. The van der Waals surface area contributed by atoms with Gasteiger partial charge in [-0.25, -0.2) is 4.68 Å². The Morgan fingerprint density at radius 2 is 1.91 bits per heavy atom. The Kier molecular flexibility index (Phi) is 5.30. The highest BCUT2D eigenvalue weighted by molar-refractivity contribution is 6.30. The third-order valence-electron chi connectivity index (χ3n) is 4.74. The van der Waals surface area contributed by atoms with Crippen LogP contribution in [0.25, 0.3) is 5.69 Å². The summed E-state index contributed by atoms with van der Waals surface area (Å²) in [4.78, 5) is 2.35. The molecule has 1 aliphatic rings. The van der Waals surface area contributed by atoms with Gasteiger partial charge in [-0.05, 0) is 62.9 Å². The van der Waals surface area contributed by atoms with E-state index in [9.17, 15) is 5.11 Å². The Hall–Kier alpha value is -1.43. The van der Waals surface area contributed by atoms with Crippen molar-refractivity contribution in [2.75, 3.05) is 13.7 Å². The van der Waals surface area contributed by atoms with Gasteiger partial charge in [0.05, 0.1) is 17.6 Å². The lowest BCUT2D eigenvalue weighted by atomic mass is 9.86. The van der Waals surface area contributed by atoms with Gasteiger partial charge in [0.15, 0.2) is 0 Å². The molecule has 6 heteroatoms. The molecule has 2 aromatic rings. The SMILES string of the molecule is CN(Cc1cn(-c2ccc(Cl)cc2)nn1)C1CCC(CO)CC1. The van der Waals surface area contributed by atoms with Gasteiger partial charge in [-0.2, -0.15) is 0 Å². The largest absolute Gasteiger partial charge is 0.396 e. The zero-order valence-electron chi connectivity index (χ0n) is 13.4. The van der Waals surface area contributed by atoms with Gasteiger partial charge in [0, 0.05) is 24.2 Å². The summed E-state index contributed by atoms with van der Waals surface area (Å²) in [5.74, 6) is 0.491. The van der Waals surface area contributed by atoms with Crippen LogP contribution < -0.4 is 0 Å². The molecule has 1 N–H and O–H groups in total. The molecule has 0 bridgehead atoms. The second-order valence-electron chi connectivity index (χ2n) is 6.40. The molecule has 0 saturated heterocycles. The minimum atomic E-state index is 0.325. The van der Waals surface area contributed by atoms with E-state index in [1.54, 1.807) is 4.68 Å². The van der Waals surface area contributed by atoms with Crippen LogP contribution in [-0.2, 0) is 6.54 Å². The molecule has 1 aromatic heterocycles. The first kappa shape index (κ1) is 16.4. The number of aliphatic hydroxyl groups is 1. The minimum Gasteiger partial charge on any atom is -0.396 e. The molecule has 1 aliphatic carbocycles. The Bertz CT molecular complexity index is 620. The summed E-state index contributed by atoms with van der Waals surface area (Å²) in [5.41, 5.74) is 1.92. The van der Waals surface area contributed by atoms with E-state index in [-0.39, 0.29) is 0 Å². The molecular weight excluding hydrogens is 312 g/mol. The maximum absolute atomic E-state index is 9.24. The van der Waals surface area contributed by atoms with E-state index in [2.05, 4.69) is 22.3 Å². The molecule has 0 spiro atoms. The average molecular weight is 335 g/mol. The van der Waals surface area contributed by atoms with Gasteiger partial charge in [-0.15, -0.1) is 5.10 Å². The van der Waals surface area contributed by atoms with Crippen LogP contribution in [0.2, 0.25) is 5.02 Å². The number of hydrogen-bond acceptors (Lipinski definition) is 4. The van der Waals surface area contributed by atoms with Gasteiger partial charge in [0.25, 0.3) is 0 Å². The van der Waals surface area contributed by atoms with Crippen LogP contribution in [0.1, 0.15) is 31.4 Å². The number of aromatic nitrogens is 3. The summed E-state index contributed by atoms with van der Waals surface area (Å²) >= 11 is 5.91. The second-order valence-corrected chi connectivity index (χ2v) is 6.84. The lowest BCUT2D eigenvalue weighted by Crippen LogP contribution is -2.35. The molecule has 23 heavy (non-hydrogen) atoms. The lowest BCUT2D eigenvalue weighted by molar-refractivity contribution is 0.123. The highest BCUT2D eigenvalue weighted by Crippen LogP contribution is 2.27. The molecule has 0 radical (unpaired) electrons. The predicted octanol–water partition coefficient (Wildman–Crippen LogP) is 2.90. The first-order valence-electron chi connectivity index (χ1n) is 8.14. The number of nitrogens with zero attached hydrogens (tertiary/aromatic N) is 4. The molecule has 0 aliphatic heterocycles. The van der Waals surface area contributed by atoms with Gasteiger partial charge in [0.1, 0.15) is 0 Å². The van der Waals surface area contributed by atoms with E-state index >= 15 is 0 Å². The first-order chi connectivity index (χ1) is 11.2. The Labute approximate surface area is 141 Å². The third kappa shape index (κ3) is 4.10. The van der Waals surface area contributed by atoms with Gasteiger partial charge in [0.2, 0.25) is 0 Å². The summed E-state index contributed by atoms with van der Waals surface area (Å²) in [5, 5.41) is 18.4. The van der Waals surface area contributed by atoms with E-state index in [0.717, 1.165) is 43.6 Å². The van der Waals surface area contributed by atoms with Crippen LogP contribution >= 0.6 is 11.6 Å². The van der Waals surface area contributed by atoms with Crippen LogP contribution in [0.15, 0.2) is 30.5 Å². The van der Waals surface area contributed by atoms with E-state index in [1.807, 2.05) is 30.5 Å². The summed E-state index contributed by atoms with van der Waals surface area (Å²) in [7, 11) is 2.14. The van der Waals surface area contributed by atoms with Crippen molar-refractivity contribution in [3.8, 4) is 5.69 Å². The number of aliphatic hydroxyl groups excluding tert-OH is 1. The fourth-order valence-electron chi connectivity index (χ4n) is 3.24. The average Bonchev–Trinajstić information content (AvgIpc) is 3.04. The molecule has 1 fully saturated rings. The Balaban J connectivity index is 1.59. The van der Waals surface area contributed by atoms with Crippen LogP contribution in [-0.4, -0.2) is 44.7 Å². The molecule has 124 valence electrons. The minimum absolute atomic E-state index is 0.325. The lowest BCUT2D eigenvalue weighted by Gasteiger charge is -2.33. The molecule has 1 heterocycles. The van der Waals surface area contributed by atoms with Crippen molar-refractivity contribution in [2.24, 2.45) is 5.92 Å². The molecule has 3 rings (SSSR count). The highest BCUT2D eigenvalue weighted by atomic mass is 35.5. The summed E-state index contributed by atoms with van der Waals surface area (Å²) in [6, 6.07) is 8.13. The second kappa shape index (κ2) is 7.43. The summed E-state index contributed by atoms with van der Waals surface area (Å²) < 4.78 is 1.78. The Morgan fingerprint density at radius 3 is 2.57 bits per heavy atom. The number of halogens is 1. The van der Waals surface area contributed by atoms with Crippen molar-refractivity contribution < 1.29 is 5.11 Å².